The molecule has 1 aromatic rings. The number of hydrogen-bond acceptors (Lipinski definition) is 4. The Morgan fingerprint density at radius 2 is 2.22 bits per heavy atom. The highest BCUT2D eigenvalue weighted by Crippen LogP contribution is 2.25. The Balaban J connectivity index is 2.21. The standard InChI is InChI=1S/C14H24N4/c1-4-11-6-5-7-18(9-11)13-8-12(15)16-14(17-13)10(2)3/h8,10-11H,4-7,9H2,1-3H3,(H2,15,16,17). The zero-order valence-electron chi connectivity index (χ0n) is 11.7. The van der Waals surface area contributed by atoms with Crippen LogP contribution in [0.5, 0.6) is 0 Å². The van der Waals surface area contributed by atoms with E-state index in [-0.39, 0.29) is 0 Å². The molecule has 1 aliphatic rings. The van der Waals surface area contributed by atoms with Gasteiger partial charge in [-0.15, -0.1) is 0 Å². The van der Waals surface area contributed by atoms with Gasteiger partial charge < -0.3 is 10.6 Å². The van der Waals surface area contributed by atoms with E-state index in [1.165, 1.54) is 19.3 Å². The normalized spacial score (nSPS) is 20.4. The minimum atomic E-state index is 0.319. The highest BCUT2D eigenvalue weighted by atomic mass is 15.2. The summed E-state index contributed by atoms with van der Waals surface area (Å²) in [5.41, 5.74) is 5.89. The van der Waals surface area contributed by atoms with Crippen LogP contribution in [0.3, 0.4) is 0 Å². The van der Waals surface area contributed by atoms with Crippen molar-refractivity contribution in [3.63, 3.8) is 0 Å². The highest BCUT2D eigenvalue weighted by molar-refractivity contribution is 5.47. The van der Waals surface area contributed by atoms with Gasteiger partial charge in [0.05, 0.1) is 0 Å². The van der Waals surface area contributed by atoms with Gasteiger partial charge in [-0.2, -0.15) is 0 Å². The first-order valence-corrected chi connectivity index (χ1v) is 6.99. The van der Waals surface area contributed by atoms with Gasteiger partial charge in [-0.1, -0.05) is 27.2 Å². The average Bonchev–Trinajstić information content (AvgIpc) is 2.38. The van der Waals surface area contributed by atoms with Crippen LogP contribution in [-0.4, -0.2) is 23.1 Å². The van der Waals surface area contributed by atoms with E-state index in [9.17, 15) is 0 Å². The molecule has 1 aliphatic heterocycles. The fraction of sp³-hybridized carbons (Fsp3) is 0.714. The number of hydrogen-bond donors (Lipinski definition) is 1. The Morgan fingerprint density at radius 1 is 1.44 bits per heavy atom. The van der Waals surface area contributed by atoms with E-state index in [0.29, 0.717) is 11.7 Å². The predicted octanol–water partition coefficient (Wildman–Crippen LogP) is 2.81. The molecule has 4 nitrogen and oxygen atoms in total. The summed E-state index contributed by atoms with van der Waals surface area (Å²) < 4.78 is 0. The first-order chi connectivity index (χ1) is 8.60. The zero-order chi connectivity index (χ0) is 13.1. The molecule has 0 amide bonds. The molecule has 2 heterocycles. The number of nitrogen functional groups attached to an aromatic ring is 1. The minimum Gasteiger partial charge on any atom is -0.384 e. The van der Waals surface area contributed by atoms with Crippen molar-refractivity contribution in [3.8, 4) is 0 Å². The quantitative estimate of drug-likeness (QED) is 0.893. The van der Waals surface area contributed by atoms with Crippen molar-refractivity contribution < 1.29 is 0 Å². The highest BCUT2D eigenvalue weighted by Gasteiger charge is 2.20. The first kappa shape index (κ1) is 13.1. The third-order valence-electron chi connectivity index (χ3n) is 3.69. The van der Waals surface area contributed by atoms with Crippen LogP contribution in [0.15, 0.2) is 6.07 Å². The molecule has 18 heavy (non-hydrogen) atoms. The van der Waals surface area contributed by atoms with Gasteiger partial charge in [0, 0.05) is 25.1 Å². The summed E-state index contributed by atoms with van der Waals surface area (Å²) in [6, 6.07) is 1.91. The summed E-state index contributed by atoms with van der Waals surface area (Å²) in [6.07, 6.45) is 3.83. The van der Waals surface area contributed by atoms with Crippen LogP contribution in [0, 0.1) is 5.92 Å². The van der Waals surface area contributed by atoms with E-state index in [1.54, 1.807) is 0 Å². The molecule has 2 rings (SSSR count). The SMILES string of the molecule is CCC1CCCN(c2cc(N)nc(C(C)C)n2)C1. The van der Waals surface area contributed by atoms with Crippen LogP contribution in [-0.2, 0) is 0 Å². The minimum absolute atomic E-state index is 0.319. The summed E-state index contributed by atoms with van der Waals surface area (Å²) in [5, 5.41) is 0. The lowest BCUT2D eigenvalue weighted by Crippen LogP contribution is -2.36. The van der Waals surface area contributed by atoms with Gasteiger partial charge in [0.2, 0.25) is 0 Å². The number of piperidine rings is 1. The molecule has 0 saturated carbocycles. The topological polar surface area (TPSA) is 55.0 Å². The molecule has 0 spiro atoms. The van der Waals surface area contributed by atoms with Crippen LogP contribution in [0.25, 0.3) is 0 Å². The van der Waals surface area contributed by atoms with Crippen molar-refractivity contribution in [1.29, 1.82) is 0 Å². The van der Waals surface area contributed by atoms with Crippen molar-refractivity contribution in [1.82, 2.24) is 9.97 Å². The summed E-state index contributed by atoms with van der Waals surface area (Å²) in [6.45, 7) is 8.66. The first-order valence-electron chi connectivity index (χ1n) is 6.99. The maximum atomic E-state index is 5.89. The van der Waals surface area contributed by atoms with E-state index in [0.717, 1.165) is 30.6 Å². The third-order valence-corrected chi connectivity index (χ3v) is 3.69. The molecular formula is C14H24N4. The maximum Gasteiger partial charge on any atom is 0.135 e. The van der Waals surface area contributed by atoms with Gasteiger partial charge in [0.25, 0.3) is 0 Å². The molecule has 100 valence electrons. The van der Waals surface area contributed by atoms with E-state index < -0.39 is 0 Å². The second kappa shape index (κ2) is 5.55. The third kappa shape index (κ3) is 2.92. The van der Waals surface area contributed by atoms with Crippen molar-refractivity contribution in [2.75, 3.05) is 23.7 Å². The molecule has 1 atom stereocenters. The molecule has 1 aromatic heterocycles. The van der Waals surface area contributed by atoms with E-state index in [2.05, 4.69) is 35.6 Å². The van der Waals surface area contributed by atoms with Crippen molar-refractivity contribution >= 4 is 11.6 Å². The monoisotopic (exact) mass is 248 g/mol. The van der Waals surface area contributed by atoms with Gasteiger partial charge in [-0.25, -0.2) is 9.97 Å². The molecule has 4 heteroatoms. The summed E-state index contributed by atoms with van der Waals surface area (Å²) in [5.74, 6) is 3.55. The molecule has 0 radical (unpaired) electrons. The number of rotatable bonds is 3. The molecule has 0 bridgehead atoms. The van der Waals surface area contributed by atoms with E-state index in [4.69, 9.17) is 5.73 Å². The largest absolute Gasteiger partial charge is 0.384 e. The average molecular weight is 248 g/mol. The second-order valence-corrected chi connectivity index (χ2v) is 5.53. The molecule has 0 aromatic carbocycles. The predicted molar refractivity (Wildman–Crippen MR) is 75.8 cm³/mol. The van der Waals surface area contributed by atoms with Crippen molar-refractivity contribution in [3.05, 3.63) is 11.9 Å². The molecule has 0 aliphatic carbocycles. The number of nitrogens with zero attached hydrogens (tertiary/aromatic N) is 3. The summed E-state index contributed by atoms with van der Waals surface area (Å²) in [4.78, 5) is 11.3. The van der Waals surface area contributed by atoms with Gasteiger partial charge in [-0.05, 0) is 18.8 Å². The number of aromatic nitrogens is 2. The van der Waals surface area contributed by atoms with E-state index in [1.807, 2.05) is 6.07 Å². The molecule has 1 fully saturated rings. The van der Waals surface area contributed by atoms with Crippen LogP contribution in [0.4, 0.5) is 11.6 Å². The lowest BCUT2D eigenvalue weighted by Gasteiger charge is -2.33. The summed E-state index contributed by atoms with van der Waals surface area (Å²) >= 11 is 0. The molecule has 1 saturated heterocycles. The Kier molecular flexibility index (Phi) is 4.04. The van der Waals surface area contributed by atoms with E-state index >= 15 is 0 Å². The Hall–Kier alpha value is -1.32. The second-order valence-electron chi connectivity index (χ2n) is 5.53. The zero-order valence-corrected chi connectivity index (χ0v) is 11.7. The van der Waals surface area contributed by atoms with Gasteiger partial charge >= 0.3 is 0 Å². The summed E-state index contributed by atoms with van der Waals surface area (Å²) in [7, 11) is 0. The van der Waals surface area contributed by atoms with Gasteiger partial charge in [0.15, 0.2) is 0 Å². The number of anilines is 2. The maximum absolute atomic E-state index is 5.89. The van der Waals surface area contributed by atoms with Crippen molar-refractivity contribution in [2.24, 2.45) is 5.92 Å². The molecular weight excluding hydrogens is 224 g/mol. The molecule has 2 N–H and O–H groups in total. The lowest BCUT2D eigenvalue weighted by atomic mass is 9.96. The van der Waals surface area contributed by atoms with Crippen LogP contribution in [0.2, 0.25) is 0 Å². The Morgan fingerprint density at radius 3 is 2.89 bits per heavy atom. The van der Waals surface area contributed by atoms with Gasteiger partial charge in [-0.3, -0.25) is 0 Å². The Bertz CT molecular complexity index is 403. The number of nitrogens with two attached hydrogens (primary N) is 1. The lowest BCUT2D eigenvalue weighted by molar-refractivity contribution is 0.402. The smallest absolute Gasteiger partial charge is 0.135 e. The van der Waals surface area contributed by atoms with Gasteiger partial charge in [0.1, 0.15) is 17.5 Å². The fourth-order valence-corrected chi connectivity index (χ4v) is 2.50. The van der Waals surface area contributed by atoms with Crippen LogP contribution in [0.1, 0.15) is 51.8 Å². The van der Waals surface area contributed by atoms with Crippen LogP contribution < -0.4 is 10.6 Å². The Labute approximate surface area is 110 Å². The fourth-order valence-electron chi connectivity index (χ4n) is 2.50. The van der Waals surface area contributed by atoms with Crippen LogP contribution >= 0.6 is 0 Å². The molecule has 1 unspecified atom stereocenters. The van der Waals surface area contributed by atoms with Crippen molar-refractivity contribution in [2.45, 2.75) is 46.0 Å².